The maximum absolute atomic E-state index is 14.4. The van der Waals surface area contributed by atoms with Crippen LogP contribution in [0.2, 0.25) is 0 Å². The van der Waals surface area contributed by atoms with Gasteiger partial charge in [0.1, 0.15) is 40.5 Å². The molecule has 0 aliphatic rings. The minimum Gasteiger partial charge on any atom is -0.452 e. The van der Waals surface area contributed by atoms with E-state index in [4.69, 9.17) is 22.7 Å². The van der Waals surface area contributed by atoms with Crippen molar-refractivity contribution in [3.8, 4) is 29.0 Å². The lowest BCUT2D eigenvalue weighted by Crippen LogP contribution is -2.35. The molecule has 6 nitrogen and oxygen atoms in total. The molecule has 0 saturated heterocycles. The van der Waals surface area contributed by atoms with Gasteiger partial charge in [0.05, 0.1) is 5.56 Å². The van der Waals surface area contributed by atoms with E-state index in [1.165, 1.54) is 31.2 Å². The summed E-state index contributed by atoms with van der Waals surface area (Å²) in [6.45, 7) is 3.98. The number of anilines is 1. The first kappa shape index (κ1) is 19.1. The van der Waals surface area contributed by atoms with Gasteiger partial charge in [-0.25, -0.2) is 0 Å². The molecular formula is C18H15FN4O2S. The first-order valence-electron chi connectivity index (χ1n) is 7.38. The second-order valence-electron chi connectivity index (χ2n) is 5.51. The smallest absolute Gasteiger partial charge is 0.292 e. The van der Waals surface area contributed by atoms with Crippen LogP contribution in [0.3, 0.4) is 0 Å². The Hall–Kier alpha value is -3.20. The molecule has 0 bridgehead atoms. The highest BCUT2D eigenvalue weighted by Gasteiger charge is 2.32. The van der Waals surface area contributed by atoms with Crippen molar-refractivity contribution in [3.63, 3.8) is 0 Å². The number of aliphatic hydroxyl groups excluding tert-OH is 1. The number of hydrogen-bond donors (Lipinski definition) is 3. The van der Waals surface area contributed by atoms with Gasteiger partial charge in [-0.2, -0.15) is 14.9 Å². The van der Waals surface area contributed by atoms with Crippen molar-refractivity contribution in [2.24, 2.45) is 0 Å². The summed E-state index contributed by atoms with van der Waals surface area (Å²) >= 11 is 5.10. The Morgan fingerprint density at radius 2 is 1.92 bits per heavy atom. The predicted octanol–water partition coefficient (Wildman–Crippen LogP) is 3.35. The number of nitriles is 2. The van der Waals surface area contributed by atoms with E-state index in [0.717, 1.165) is 0 Å². The van der Waals surface area contributed by atoms with Gasteiger partial charge in [0.15, 0.2) is 0 Å². The molecule has 8 heteroatoms. The van der Waals surface area contributed by atoms with Crippen LogP contribution in [-0.2, 0) is 0 Å². The molecule has 0 radical (unpaired) electrons. The Morgan fingerprint density at radius 1 is 1.35 bits per heavy atom. The Bertz CT molecular complexity index is 1000. The number of aliphatic hydroxyl groups is 1. The van der Waals surface area contributed by atoms with Crippen molar-refractivity contribution in [1.29, 1.82) is 10.5 Å². The highest BCUT2D eigenvalue weighted by Crippen LogP contribution is 2.33. The zero-order chi connectivity index (χ0) is 19.5. The van der Waals surface area contributed by atoms with Gasteiger partial charge < -0.3 is 20.6 Å². The number of alkyl halides is 1. The average molecular weight is 370 g/mol. The number of halogens is 1. The van der Waals surface area contributed by atoms with Crippen molar-refractivity contribution < 1.29 is 14.2 Å². The summed E-state index contributed by atoms with van der Waals surface area (Å²) < 4.78 is 19.7. The number of pyridine rings is 1. The summed E-state index contributed by atoms with van der Waals surface area (Å²) in [6, 6.07) is 9.88. The lowest BCUT2D eigenvalue weighted by atomic mass is 9.97. The first-order chi connectivity index (χ1) is 12.3. The molecule has 0 aliphatic carbocycles. The van der Waals surface area contributed by atoms with Crippen LogP contribution in [-0.4, -0.2) is 22.6 Å². The molecule has 1 unspecified atom stereocenters. The fourth-order valence-electron chi connectivity index (χ4n) is 2.26. The Kier molecular flexibility index (Phi) is 5.41. The van der Waals surface area contributed by atoms with Crippen molar-refractivity contribution in [1.82, 2.24) is 4.98 Å². The summed E-state index contributed by atoms with van der Waals surface area (Å²) in [5.41, 5.74) is 6.78. The van der Waals surface area contributed by atoms with Gasteiger partial charge >= 0.3 is 0 Å². The first-order valence-corrected chi connectivity index (χ1v) is 7.79. The average Bonchev–Trinajstić information content (AvgIpc) is 2.61. The summed E-state index contributed by atoms with van der Waals surface area (Å²) in [6.07, 6.45) is 0. The molecule has 132 valence electrons. The minimum atomic E-state index is -2.41. The molecule has 1 aromatic heterocycles. The van der Waals surface area contributed by atoms with Crippen LogP contribution in [0.5, 0.6) is 5.75 Å². The summed E-state index contributed by atoms with van der Waals surface area (Å²) in [5.74, 6) is -2.21. The van der Waals surface area contributed by atoms with Crippen LogP contribution in [0.15, 0.2) is 36.4 Å². The molecule has 0 fully saturated rings. The molecule has 2 rings (SSSR count). The third-order valence-electron chi connectivity index (χ3n) is 3.73. The Labute approximate surface area is 154 Å². The minimum absolute atomic E-state index is 0.0183. The second-order valence-corrected chi connectivity index (χ2v) is 5.92. The van der Waals surface area contributed by atoms with Crippen LogP contribution >= 0.6 is 12.2 Å². The highest BCUT2D eigenvalue weighted by atomic mass is 32.1. The van der Waals surface area contributed by atoms with Gasteiger partial charge in [-0.15, -0.1) is 0 Å². The SMILES string of the molecule is C=C(C)C(F)(CO)Oc1ccc(-c2c(C#N)c(N)[nH]c(=S)c2C#N)cc1. The number of nitrogens with one attached hydrogen (secondary N) is 1. The van der Waals surface area contributed by atoms with E-state index in [1.807, 2.05) is 12.1 Å². The molecule has 1 atom stereocenters. The zero-order valence-corrected chi connectivity index (χ0v) is 14.7. The van der Waals surface area contributed by atoms with Crippen LogP contribution in [0, 0.1) is 27.3 Å². The number of hydrogen-bond acceptors (Lipinski definition) is 6. The van der Waals surface area contributed by atoms with E-state index in [9.17, 15) is 20.0 Å². The largest absolute Gasteiger partial charge is 0.452 e. The Morgan fingerprint density at radius 3 is 2.38 bits per heavy atom. The lowest BCUT2D eigenvalue weighted by molar-refractivity contribution is -0.0680. The number of nitrogens with zero attached hydrogens (tertiary/aromatic N) is 2. The third-order valence-corrected chi connectivity index (χ3v) is 4.04. The molecule has 0 amide bonds. The van der Waals surface area contributed by atoms with Gasteiger partial charge in [-0.3, -0.25) is 0 Å². The number of benzene rings is 1. The lowest BCUT2D eigenvalue weighted by Gasteiger charge is -2.24. The quantitative estimate of drug-likeness (QED) is 0.548. The van der Waals surface area contributed by atoms with E-state index in [-0.39, 0.29) is 38.5 Å². The van der Waals surface area contributed by atoms with Gasteiger partial charge in [0.25, 0.3) is 5.85 Å². The number of nitrogen functional groups attached to an aromatic ring is 1. The fraction of sp³-hybridized carbons (Fsp3) is 0.167. The van der Waals surface area contributed by atoms with Crippen LogP contribution in [0.25, 0.3) is 11.1 Å². The number of rotatable bonds is 5. The number of nitrogens with two attached hydrogens (primary N) is 1. The van der Waals surface area contributed by atoms with Crippen molar-refractivity contribution in [2.45, 2.75) is 12.8 Å². The normalized spacial score (nSPS) is 12.5. The van der Waals surface area contributed by atoms with Crippen molar-refractivity contribution in [3.05, 3.63) is 52.2 Å². The molecule has 1 heterocycles. The molecule has 1 aromatic carbocycles. The van der Waals surface area contributed by atoms with E-state index in [0.29, 0.717) is 5.56 Å². The molecule has 0 aliphatic heterocycles. The predicted molar refractivity (Wildman–Crippen MR) is 97.3 cm³/mol. The Balaban J connectivity index is 2.54. The number of ether oxygens (including phenoxy) is 1. The van der Waals surface area contributed by atoms with E-state index in [1.54, 1.807) is 0 Å². The molecule has 0 spiro atoms. The maximum Gasteiger partial charge on any atom is 0.292 e. The fourth-order valence-corrected chi connectivity index (χ4v) is 2.52. The van der Waals surface area contributed by atoms with Crippen LogP contribution in [0.1, 0.15) is 18.1 Å². The third kappa shape index (κ3) is 3.42. The van der Waals surface area contributed by atoms with Gasteiger partial charge in [-0.05, 0) is 30.2 Å². The van der Waals surface area contributed by atoms with E-state index in [2.05, 4.69) is 11.6 Å². The number of aromatic amines is 1. The maximum atomic E-state index is 14.4. The topological polar surface area (TPSA) is 119 Å². The molecular weight excluding hydrogens is 355 g/mol. The van der Waals surface area contributed by atoms with E-state index >= 15 is 0 Å². The summed E-state index contributed by atoms with van der Waals surface area (Å²) in [7, 11) is 0. The van der Waals surface area contributed by atoms with Crippen molar-refractivity contribution >= 4 is 18.0 Å². The molecule has 26 heavy (non-hydrogen) atoms. The molecule has 4 N–H and O–H groups in total. The number of H-pyrrole nitrogens is 1. The highest BCUT2D eigenvalue weighted by molar-refractivity contribution is 7.71. The van der Waals surface area contributed by atoms with Gasteiger partial charge in [0, 0.05) is 5.56 Å². The second kappa shape index (κ2) is 7.36. The standard InChI is InChI=1S/C18H15FN4O2S/c1-10(2)18(19,9-24)25-12-5-3-11(4-6-12)15-13(7-20)16(22)23-17(26)14(15)8-21/h3-6,24H,1,9H2,2H3,(H3,22,23,26). The number of aromatic nitrogens is 1. The van der Waals surface area contributed by atoms with Crippen LogP contribution < -0.4 is 10.5 Å². The summed E-state index contributed by atoms with van der Waals surface area (Å²) in [4.78, 5) is 2.62. The van der Waals surface area contributed by atoms with Gasteiger partial charge in [-0.1, -0.05) is 30.9 Å². The monoisotopic (exact) mass is 370 g/mol. The zero-order valence-electron chi connectivity index (χ0n) is 13.8. The molecule has 0 saturated carbocycles. The van der Waals surface area contributed by atoms with E-state index < -0.39 is 12.5 Å². The molecule has 2 aromatic rings. The van der Waals surface area contributed by atoms with Crippen molar-refractivity contribution in [2.75, 3.05) is 12.3 Å². The van der Waals surface area contributed by atoms with Gasteiger partial charge in [0.2, 0.25) is 0 Å². The summed E-state index contributed by atoms with van der Waals surface area (Å²) in [5, 5.41) is 27.9. The van der Waals surface area contributed by atoms with Crippen LogP contribution in [0.4, 0.5) is 10.2 Å².